The molecule has 0 saturated heterocycles. The number of benzene rings is 1. The summed E-state index contributed by atoms with van der Waals surface area (Å²) in [5, 5.41) is 0. The van der Waals surface area contributed by atoms with Crippen LogP contribution in [0.5, 0.6) is 5.75 Å². The first-order valence-electron chi connectivity index (χ1n) is 7.01. The third-order valence-corrected chi connectivity index (χ3v) is 5.00. The molecule has 0 atom stereocenters. The lowest BCUT2D eigenvalue weighted by atomic mass is 9.99. The molecule has 1 heterocycles. The average molecular weight is 367 g/mol. The van der Waals surface area contributed by atoms with Gasteiger partial charge in [0.1, 0.15) is 5.75 Å². The van der Waals surface area contributed by atoms with Crippen molar-refractivity contribution >= 4 is 33.0 Å². The Balaban J connectivity index is 2.62. The van der Waals surface area contributed by atoms with E-state index in [0.717, 1.165) is 25.5 Å². The fraction of sp³-hybridized carbons (Fsp3) is 0.353. The van der Waals surface area contributed by atoms with E-state index in [1.807, 2.05) is 25.1 Å². The number of ketones is 1. The van der Waals surface area contributed by atoms with E-state index in [1.165, 1.54) is 5.56 Å². The molecule has 112 valence electrons. The fourth-order valence-electron chi connectivity index (χ4n) is 2.18. The summed E-state index contributed by atoms with van der Waals surface area (Å²) in [5.74, 6) is 1.33. The van der Waals surface area contributed by atoms with E-state index in [0.29, 0.717) is 12.5 Å². The van der Waals surface area contributed by atoms with Gasteiger partial charge in [-0.15, -0.1) is 11.3 Å². The van der Waals surface area contributed by atoms with Crippen LogP contribution in [0.25, 0.3) is 10.4 Å². The molecule has 0 aliphatic rings. The van der Waals surface area contributed by atoms with Crippen molar-refractivity contribution in [2.45, 2.75) is 33.6 Å². The van der Waals surface area contributed by atoms with Crippen LogP contribution in [0.15, 0.2) is 28.7 Å². The van der Waals surface area contributed by atoms with Gasteiger partial charge in [0.2, 0.25) is 0 Å². The molecular formula is C17H19BrO2S. The van der Waals surface area contributed by atoms with Crippen molar-refractivity contribution in [3.63, 3.8) is 0 Å². The fourth-order valence-corrected chi connectivity index (χ4v) is 3.76. The molecule has 2 nitrogen and oxygen atoms in total. The molecule has 0 bridgehead atoms. The van der Waals surface area contributed by atoms with E-state index in [-0.39, 0.29) is 5.78 Å². The smallest absolute Gasteiger partial charge is 0.169 e. The van der Waals surface area contributed by atoms with E-state index in [2.05, 4.69) is 35.8 Å². The predicted molar refractivity (Wildman–Crippen MR) is 92.7 cm³/mol. The standard InChI is InChI=1S/C17H19BrO2S/c1-5-20-15-8-12(18)6-7-13(15)17-14(10(2)3)9-16(21-17)11(4)19/h6-10H,5H2,1-4H3. The van der Waals surface area contributed by atoms with Gasteiger partial charge in [0.15, 0.2) is 5.78 Å². The van der Waals surface area contributed by atoms with Crippen LogP contribution in [0.4, 0.5) is 0 Å². The third-order valence-electron chi connectivity index (χ3n) is 3.22. The first kappa shape index (κ1) is 16.2. The van der Waals surface area contributed by atoms with Crippen molar-refractivity contribution in [3.8, 4) is 16.2 Å². The maximum Gasteiger partial charge on any atom is 0.169 e. The minimum Gasteiger partial charge on any atom is -0.493 e. The van der Waals surface area contributed by atoms with Crippen LogP contribution in [-0.4, -0.2) is 12.4 Å². The van der Waals surface area contributed by atoms with E-state index < -0.39 is 0 Å². The Hall–Kier alpha value is -1.13. The molecule has 1 aromatic carbocycles. The highest BCUT2D eigenvalue weighted by molar-refractivity contribution is 9.10. The number of halogens is 1. The van der Waals surface area contributed by atoms with Gasteiger partial charge < -0.3 is 4.74 Å². The Kier molecular flexibility index (Phi) is 5.22. The molecular weight excluding hydrogens is 348 g/mol. The highest BCUT2D eigenvalue weighted by atomic mass is 79.9. The highest BCUT2D eigenvalue weighted by Crippen LogP contribution is 2.42. The summed E-state index contributed by atoms with van der Waals surface area (Å²) in [6.07, 6.45) is 0. The lowest BCUT2D eigenvalue weighted by Gasteiger charge is -2.12. The molecule has 0 aliphatic heterocycles. The van der Waals surface area contributed by atoms with E-state index >= 15 is 0 Å². The van der Waals surface area contributed by atoms with Gasteiger partial charge in [0, 0.05) is 14.9 Å². The highest BCUT2D eigenvalue weighted by Gasteiger charge is 2.19. The number of carbonyl (C=O) groups is 1. The molecule has 4 heteroatoms. The van der Waals surface area contributed by atoms with E-state index in [4.69, 9.17) is 4.74 Å². The predicted octanol–water partition coefficient (Wildman–Crippen LogP) is 5.90. The zero-order valence-electron chi connectivity index (χ0n) is 12.7. The second-order valence-electron chi connectivity index (χ2n) is 5.18. The number of hydrogen-bond donors (Lipinski definition) is 0. The zero-order valence-corrected chi connectivity index (χ0v) is 15.1. The van der Waals surface area contributed by atoms with Gasteiger partial charge in [-0.1, -0.05) is 29.8 Å². The Labute approximate surface area is 138 Å². The van der Waals surface area contributed by atoms with Crippen LogP contribution in [0.2, 0.25) is 0 Å². The molecule has 0 saturated carbocycles. The van der Waals surface area contributed by atoms with Crippen molar-refractivity contribution in [3.05, 3.63) is 39.2 Å². The summed E-state index contributed by atoms with van der Waals surface area (Å²) in [6, 6.07) is 8.06. The summed E-state index contributed by atoms with van der Waals surface area (Å²) in [7, 11) is 0. The third kappa shape index (κ3) is 3.55. The maximum absolute atomic E-state index is 11.7. The van der Waals surface area contributed by atoms with Crippen LogP contribution < -0.4 is 4.74 Å². The zero-order chi connectivity index (χ0) is 15.6. The summed E-state index contributed by atoms with van der Waals surface area (Å²) in [5.41, 5.74) is 2.26. The summed E-state index contributed by atoms with van der Waals surface area (Å²) in [6.45, 7) is 8.50. The lowest BCUT2D eigenvalue weighted by Crippen LogP contribution is -1.95. The second kappa shape index (κ2) is 6.75. The Morgan fingerprint density at radius 3 is 2.62 bits per heavy atom. The van der Waals surface area contributed by atoms with Crippen LogP contribution in [0, 0.1) is 0 Å². The number of Topliss-reactive ketones (excluding diaryl/α,β-unsaturated/α-hetero) is 1. The number of rotatable bonds is 5. The number of ether oxygens (including phenoxy) is 1. The van der Waals surface area contributed by atoms with Crippen LogP contribution >= 0.6 is 27.3 Å². The summed E-state index contributed by atoms with van der Waals surface area (Å²) < 4.78 is 6.76. The molecule has 0 spiro atoms. The molecule has 0 unspecified atom stereocenters. The quantitative estimate of drug-likeness (QED) is 0.615. The molecule has 1 aromatic heterocycles. The monoisotopic (exact) mass is 366 g/mol. The van der Waals surface area contributed by atoms with Gasteiger partial charge in [-0.3, -0.25) is 4.79 Å². The minimum atomic E-state index is 0.114. The topological polar surface area (TPSA) is 26.3 Å². The summed E-state index contributed by atoms with van der Waals surface area (Å²) in [4.78, 5) is 13.6. The second-order valence-corrected chi connectivity index (χ2v) is 7.15. The molecule has 2 aromatic rings. The van der Waals surface area contributed by atoms with Gasteiger partial charge in [-0.25, -0.2) is 0 Å². The first-order chi connectivity index (χ1) is 9.93. The molecule has 0 aliphatic carbocycles. The van der Waals surface area contributed by atoms with E-state index in [9.17, 15) is 4.79 Å². The molecule has 0 radical (unpaired) electrons. The van der Waals surface area contributed by atoms with Crippen molar-refractivity contribution in [1.82, 2.24) is 0 Å². The van der Waals surface area contributed by atoms with Crippen molar-refractivity contribution in [1.29, 1.82) is 0 Å². The van der Waals surface area contributed by atoms with Gasteiger partial charge in [-0.05, 0) is 49.6 Å². The van der Waals surface area contributed by atoms with Gasteiger partial charge in [0.25, 0.3) is 0 Å². The molecule has 0 fully saturated rings. The Morgan fingerprint density at radius 2 is 2.05 bits per heavy atom. The van der Waals surface area contributed by atoms with E-state index in [1.54, 1.807) is 18.3 Å². The maximum atomic E-state index is 11.7. The number of hydrogen-bond acceptors (Lipinski definition) is 3. The average Bonchev–Trinajstić information content (AvgIpc) is 2.84. The van der Waals surface area contributed by atoms with Crippen molar-refractivity contribution in [2.24, 2.45) is 0 Å². The number of thiophene rings is 1. The van der Waals surface area contributed by atoms with Gasteiger partial charge in [0.05, 0.1) is 11.5 Å². The largest absolute Gasteiger partial charge is 0.493 e. The Morgan fingerprint density at radius 1 is 1.33 bits per heavy atom. The molecule has 2 rings (SSSR count). The first-order valence-corrected chi connectivity index (χ1v) is 8.62. The molecule has 21 heavy (non-hydrogen) atoms. The SMILES string of the molecule is CCOc1cc(Br)ccc1-c1sc(C(C)=O)cc1C(C)C. The molecule has 0 N–H and O–H groups in total. The Bertz CT molecular complexity index is 659. The normalized spacial score (nSPS) is 11.0. The van der Waals surface area contributed by atoms with Crippen LogP contribution in [-0.2, 0) is 0 Å². The lowest BCUT2D eigenvalue weighted by molar-refractivity contribution is 0.102. The van der Waals surface area contributed by atoms with Crippen LogP contribution in [0.1, 0.15) is 48.8 Å². The van der Waals surface area contributed by atoms with Crippen molar-refractivity contribution < 1.29 is 9.53 Å². The van der Waals surface area contributed by atoms with Crippen LogP contribution in [0.3, 0.4) is 0 Å². The molecule has 0 amide bonds. The minimum absolute atomic E-state index is 0.114. The summed E-state index contributed by atoms with van der Waals surface area (Å²) >= 11 is 5.03. The van der Waals surface area contributed by atoms with Gasteiger partial charge >= 0.3 is 0 Å². The van der Waals surface area contributed by atoms with Crippen molar-refractivity contribution in [2.75, 3.05) is 6.61 Å². The van der Waals surface area contributed by atoms with Gasteiger partial charge in [-0.2, -0.15) is 0 Å². The number of carbonyl (C=O) groups excluding carboxylic acids is 1.